The van der Waals surface area contributed by atoms with Crippen LogP contribution in [0.4, 0.5) is 5.69 Å². The summed E-state index contributed by atoms with van der Waals surface area (Å²) in [5.74, 6) is 0.359. The molecule has 0 aliphatic rings. The quantitative estimate of drug-likeness (QED) is 0.381. The highest BCUT2D eigenvalue weighted by molar-refractivity contribution is 6.31. The van der Waals surface area contributed by atoms with Crippen LogP contribution in [0.15, 0.2) is 77.9 Å². The summed E-state index contributed by atoms with van der Waals surface area (Å²) >= 11 is 6.11. The normalized spacial score (nSPS) is 10.7. The van der Waals surface area contributed by atoms with Gasteiger partial charge in [0, 0.05) is 16.3 Å². The van der Waals surface area contributed by atoms with Crippen LogP contribution in [0.5, 0.6) is 5.75 Å². The Kier molecular flexibility index (Phi) is 6.07. The maximum atomic E-state index is 12.0. The summed E-state index contributed by atoms with van der Waals surface area (Å²) in [6.07, 6.45) is 1.55. The average molecular weight is 380 g/mol. The van der Waals surface area contributed by atoms with Crippen molar-refractivity contribution in [1.82, 2.24) is 5.43 Å². The highest BCUT2D eigenvalue weighted by Gasteiger charge is 2.07. The zero-order valence-corrected chi connectivity index (χ0v) is 15.2. The first-order chi connectivity index (χ1) is 13.1. The fraction of sp³-hybridized carbons (Fsp3) is 0.0476. The number of nitrogens with two attached hydrogens (primary N) is 1. The van der Waals surface area contributed by atoms with Crippen molar-refractivity contribution in [2.45, 2.75) is 6.61 Å². The Morgan fingerprint density at radius 3 is 2.48 bits per heavy atom. The second-order valence-corrected chi connectivity index (χ2v) is 6.14. The second kappa shape index (κ2) is 8.87. The fourth-order valence-corrected chi connectivity index (χ4v) is 2.55. The van der Waals surface area contributed by atoms with E-state index in [0.29, 0.717) is 28.6 Å². The van der Waals surface area contributed by atoms with Crippen molar-refractivity contribution in [2.75, 3.05) is 5.73 Å². The van der Waals surface area contributed by atoms with E-state index in [1.165, 1.54) is 0 Å². The number of carbonyl (C=O) groups is 1. The van der Waals surface area contributed by atoms with E-state index in [1.54, 1.807) is 30.5 Å². The van der Waals surface area contributed by atoms with Gasteiger partial charge in [-0.15, -0.1) is 0 Å². The van der Waals surface area contributed by atoms with Crippen molar-refractivity contribution >= 4 is 29.4 Å². The molecule has 0 fully saturated rings. The lowest BCUT2D eigenvalue weighted by molar-refractivity contribution is 0.0956. The van der Waals surface area contributed by atoms with Crippen LogP contribution in [0, 0.1) is 0 Å². The highest BCUT2D eigenvalue weighted by atomic mass is 35.5. The van der Waals surface area contributed by atoms with Gasteiger partial charge in [-0.1, -0.05) is 41.9 Å². The Balaban J connectivity index is 1.54. The molecule has 0 atom stereocenters. The van der Waals surface area contributed by atoms with Crippen LogP contribution in [-0.4, -0.2) is 12.1 Å². The van der Waals surface area contributed by atoms with Gasteiger partial charge < -0.3 is 10.5 Å². The third-order valence-electron chi connectivity index (χ3n) is 3.82. The summed E-state index contributed by atoms with van der Waals surface area (Å²) < 4.78 is 5.73. The van der Waals surface area contributed by atoms with Gasteiger partial charge in [-0.25, -0.2) is 5.43 Å². The van der Waals surface area contributed by atoms with Gasteiger partial charge >= 0.3 is 0 Å². The molecule has 3 aromatic rings. The molecule has 0 bridgehead atoms. The first-order valence-electron chi connectivity index (χ1n) is 8.27. The molecule has 3 rings (SSSR count). The average Bonchev–Trinajstić information content (AvgIpc) is 2.68. The summed E-state index contributed by atoms with van der Waals surface area (Å²) in [5.41, 5.74) is 10.8. The van der Waals surface area contributed by atoms with E-state index >= 15 is 0 Å². The molecule has 136 valence electrons. The minimum Gasteiger partial charge on any atom is -0.489 e. The number of ether oxygens (including phenoxy) is 1. The van der Waals surface area contributed by atoms with Crippen LogP contribution >= 0.6 is 11.6 Å². The van der Waals surface area contributed by atoms with Crippen molar-refractivity contribution in [3.63, 3.8) is 0 Å². The summed E-state index contributed by atoms with van der Waals surface area (Å²) in [7, 11) is 0. The molecule has 3 aromatic carbocycles. The van der Waals surface area contributed by atoms with E-state index in [0.717, 1.165) is 11.1 Å². The van der Waals surface area contributed by atoms with Gasteiger partial charge in [-0.2, -0.15) is 5.10 Å². The topological polar surface area (TPSA) is 76.7 Å². The molecule has 0 radical (unpaired) electrons. The molecular weight excluding hydrogens is 362 g/mol. The number of amides is 1. The molecule has 0 unspecified atom stereocenters. The predicted octanol–water partition coefficient (Wildman–Crippen LogP) is 4.27. The van der Waals surface area contributed by atoms with E-state index in [4.69, 9.17) is 22.1 Å². The molecule has 0 aliphatic heterocycles. The third kappa shape index (κ3) is 5.09. The van der Waals surface area contributed by atoms with Crippen molar-refractivity contribution in [2.24, 2.45) is 5.10 Å². The van der Waals surface area contributed by atoms with Crippen molar-refractivity contribution in [3.05, 3.63) is 94.5 Å². The summed E-state index contributed by atoms with van der Waals surface area (Å²) in [6, 6.07) is 21.7. The lowest BCUT2D eigenvalue weighted by Crippen LogP contribution is -2.18. The lowest BCUT2D eigenvalue weighted by Gasteiger charge is -2.07. The minimum absolute atomic E-state index is 0.357. The standard InChI is InChI=1S/C21H18ClN3O2/c22-19-7-3-1-5-16(19)14-27-17-11-9-15(10-12-17)13-24-25-21(26)18-6-2-4-8-20(18)23/h1-13H,14,23H2,(H,25,26)/b24-13+. The summed E-state index contributed by atoms with van der Waals surface area (Å²) in [5, 5.41) is 4.63. The maximum absolute atomic E-state index is 12.0. The predicted molar refractivity (Wildman–Crippen MR) is 108 cm³/mol. The number of para-hydroxylation sites is 1. The molecule has 1 amide bonds. The van der Waals surface area contributed by atoms with Gasteiger partial charge in [0.05, 0.1) is 11.8 Å². The molecule has 0 heterocycles. The molecule has 0 saturated carbocycles. The Morgan fingerprint density at radius 2 is 1.74 bits per heavy atom. The van der Waals surface area contributed by atoms with E-state index in [1.807, 2.05) is 48.5 Å². The number of halogens is 1. The number of anilines is 1. The molecule has 27 heavy (non-hydrogen) atoms. The van der Waals surface area contributed by atoms with Crippen molar-refractivity contribution in [3.8, 4) is 5.75 Å². The number of hydrazone groups is 1. The smallest absolute Gasteiger partial charge is 0.273 e. The number of hydrogen-bond donors (Lipinski definition) is 2. The van der Waals surface area contributed by atoms with E-state index in [2.05, 4.69) is 10.5 Å². The molecular formula is C21H18ClN3O2. The fourth-order valence-electron chi connectivity index (χ4n) is 2.36. The molecule has 0 aromatic heterocycles. The van der Waals surface area contributed by atoms with E-state index in [-0.39, 0.29) is 5.91 Å². The third-order valence-corrected chi connectivity index (χ3v) is 4.19. The van der Waals surface area contributed by atoms with Gasteiger partial charge in [-0.3, -0.25) is 4.79 Å². The number of carbonyl (C=O) groups excluding carboxylic acids is 1. The van der Waals surface area contributed by atoms with Gasteiger partial charge in [0.15, 0.2) is 0 Å². The summed E-state index contributed by atoms with van der Waals surface area (Å²) in [6.45, 7) is 0.391. The monoisotopic (exact) mass is 379 g/mol. The molecule has 0 aliphatic carbocycles. The van der Waals surface area contributed by atoms with Crippen molar-refractivity contribution < 1.29 is 9.53 Å². The number of nitrogen functional groups attached to an aromatic ring is 1. The van der Waals surface area contributed by atoms with Gasteiger partial charge in [-0.05, 0) is 48.0 Å². The Hall–Kier alpha value is -3.31. The summed E-state index contributed by atoms with van der Waals surface area (Å²) in [4.78, 5) is 12.0. The zero-order valence-electron chi connectivity index (χ0n) is 14.4. The number of benzene rings is 3. The van der Waals surface area contributed by atoms with E-state index in [9.17, 15) is 4.79 Å². The molecule has 5 nitrogen and oxygen atoms in total. The highest BCUT2D eigenvalue weighted by Crippen LogP contribution is 2.18. The minimum atomic E-state index is -0.357. The van der Waals surface area contributed by atoms with Crippen LogP contribution < -0.4 is 15.9 Å². The van der Waals surface area contributed by atoms with Crippen LogP contribution in [0.25, 0.3) is 0 Å². The largest absolute Gasteiger partial charge is 0.489 e. The van der Waals surface area contributed by atoms with Crippen LogP contribution in [0.2, 0.25) is 5.02 Å². The van der Waals surface area contributed by atoms with Crippen LogP contribution in [0.3, 0.4) is 0 Å². The maximum Gasteiger partial charge on any atom is 0.273 e. The molecule has 0 saturated heterocycles. The molecule has 3 N–H and O–H groups in total. The number of rotatable bonds is 6. The van der Waals surface area contributed by atoms with Crippen LogP contribution in [-0.2, 0) is 6.61 Å². The molecule has 6 heteroatoms. The Morgan fingerprint density at radius 1 is 1.04 bits per heavy atom. The lowest BCUT2D eigenvalue weighted by atomic mass is 10.2. The van der Waals surface area contributed by atoms with Gasteiger partial charge in [0.25, 0.3) is 5.91 Å². The first-order valence-corrected chi connectivity index (χ1v) is 8.65. The zero-order chi connectivity index (χ0) is 19.1. The van der Waals surface area contributed by atoms with Crippen LogP contribution in [0.1, 0.15) is 21.5 Å². The Labute approximate surface area is 162 Å². The number of hydrogen-bond acceptors (Lipinski definition) is 4. The number of nitrogens with zero attached hydrogens (tertiary/aromatic N) is 1. The first kappa shape index (κ1) is 18.5. The van der Waals surface area contributed by atoms with Gasteiger partial charge in [0.1, 0.15) is 12.4 Å². The van der Waals surface area contributed by atoms with Crippen molar-refractivity contribution in [1.29, 1.82) is 0 Å². The number of nitrogens with one attached hydrogen (secondary N) is 1. The van der Waals surface area contributed by atoms with Gasteiger partial charge in [0.2, 0.25) is 0 Å². The molecule has 0 spiro atoms. The second-order valence-electron chi connectivity index (χ2n) is 5.74. The van der Waals surface area contributed by atoms with E-state index < -0.39 is 0 Å². The SMILES string of the molecule is Nc1ccccc1C(=O)N/N=C/c1ccc(OCc2ccccc2Cl)cc1. The Bertz CT molecular complexity index is 956.